The van der Waals surface area contributed by atoms with Crippen molar-refractivity contribution in [3.8, 4) is 5.69 Å². The van der Waals surface area contributed by atoms with Crippen molar-refractivity contribution < 1.29 is 27.6 Å². The van der Waals surface area contributed by atoms with Gasteiger partial charge in [-0.3, -0.25) is 24.5 Å². The molecule has 3 fully saturated rings. The summed E-state index contributed by atoms with van der Waals surface area (Å²) in [5.41, 5.74) is 1.89. The highest BCUT2D eigenvalue weighted by Gasteiger charge is 2.48. The number of nitrogens with zero attached hydrogens (tertiary/aromatic N) is 5. The molecule has 0 radical (unpaired) electrons. The number of benzene rings is 1. The minimum absolute atomic E-state index is 0.0273. The Balaban J connectivity index is 1.19. The molecule has 4 amide bonds. The number of carbonyl (C=O) groups is 4. The van der Waals surface area contributed by atoms with Gasteiger partial charge in [-0.2, -0.15) is 0 Å². The second kappa shape index (κ2) is 7.70. The van der Waals surface area contributed by atoms with Crippen LogP contribution < -0.4 is 5.32 Å². The average Bonchev–Trinajstić information content (AvgIpc) is 3.59. The van der Waals surface area contributed by atoms with E-state index in [1.165, 1.54) is 20.7 Å². The fourth-order valence-corrected chi connectivity index (χ4v) is 7.66. The normalized spacial score (nSPS) is 27.2. The van der Waals surface area contributed by atoms with E-state index < -0.39 is 27.0 Å². The van der Waals surface area contributed by atoms with Crippen molar-refractivity contribution in [3.63, 3.8) is 0 Å². The molecule has 1 aromatic heterocycles. The van der Waals surface area contributed by atoms with Crippen LogP contribution in [0.25, 0.3) is 5.69 Å². The molecule has 182 valence electrons. The lowest BCUT2D eigenvalue weighted by Gasteiger charge is -2.29. The van der Waals surface area contributed by atoms with Gasteiger partial charge in [-0.15, -0.1) is 5.10 Å². The minimum Gasteiger partial charge on any atom is -0.336 e. The number of aromatic nitrogens is 3. The molecule has 0 spiro atoms. The Kier molecular flexibility index (Phi) is 4.82. The zero-order chi connectivity index (χ0) is 24.5. The molecular formula is C22H22N6O6S. The fourth-order valence-electron chi connectivity index (χ4n) is 5.51. The number of hydrogen-bond acceptors (Lipinski definition) is 8. The van der Waals surface area contributed by atoms with Crippen LogP contribution in [0.2, 0.25) is 0 Å². The van der Waals surface area contributed by atoms with Gasteiger partial charge in [0.1, 0.15) is 6.04 Å². The van der Waals surface area contributed by atoms with Crippen molar-refractivity contribution in [2.24, 2.45) is 5.92 Å². The first-order valence-corrected chi connectivity index (χ1v) is 13.1. The quantitative estimate of drug-likeness (QED) is 0.545. The van der Waals surface area contributed by atoms with Crippen molar-refractivity contribution in [1.29, 1.82) is 0 Å². The molecule has 2 aromatic rings. The molecule has 1 N–H and O–H groups in total. The predicted molar refractivity (Wildman–Crippen MR) is 119 cm³/mol. The second-order valence-corrected chi connectivity index (χ2v) is 11.8. The maximum atomic E-state index is 12.9. The van der Waals surface area contributed by atoms with Crippen molar-refractivity contribution in [2.45, 2.75) is 37.1 Å². The van der Waals surface area contributed by atoms with Gasteiger partial charge in [0.15, 0.2) is 15.5 Å². The Hall–Kier alpha value is -3.61. The first-order chi connectivity index (χ1) is 16.7. The molecule has 0 bridgehead atoms. The minimum atomic E-state index is -3.15. The maximum absolute atomic E-state index is 12.9. The van der Waals surface area contributed by atoms with Gasteiger partial charge in [0.25, 0.3) is 11.8 Å². The molecule has 3 saturated heterocycles. The summed E-state index contributed by atoms with van der Waals surface area (Å²) in [7, 11) is -3.15. The van der Waals surface area contributed by atoms with Crippen LogP contribution in [0.15, 0.2) is 24.4 Å². The molecule has 12 nitrogen and oxygen atoms in total. The van der Waals surface area contributed by atoms with Crippen LogP contribution in [0.1, 0.15) is 45.7 Å². The van der Waals surface area contributed by atoms with Crippen LogP contribution in [-0.4, -0.2) is 87.0 Å². The zero-order valence-corrected chi connectivity index (χ0v) is 19.4. The topological polar surface area (TPSA) is 152 Å². The van der Waals surface area contributed by atoms with Gasteiger partial charge in [-0.1, -0.05) is 5.21 Å². The van der Waals surface area contributed by atoms with E-state index in [9.17, 15) is 27.6 Å². The van der Waals surface area contributed by atoms with Crippen LogP contribution in [-0.2, 0) is 26.0 Å². The number of imide groups is 1. The number of sulfone groups is 1. The summed E-state index contributed by atoms with van der Waals surface area (Å²) >= 11 is 0. The standard InChI is InChI=1S/C22H22N6O6S/c29-19-4-3-17(20(30)23-19)27-9-13-7-14(1-2-15(13)21(27)31)28-10-16(24-25-28)22(32)26-8-12-5-6-35(33,34)18(12)11-26/h1-2,7,10,12,17-18H,3-6,8-9,11H2,(H,23,29,30)/t12-,17?,18+/m0/s1. The lowest BCUT2D eigenvalue weighted by atomic mass is 10.0. The van der Waals surface area contributed by atoms with E-state index in [-0.39, 0.29) is 61.0 Å². The zero-order valence-electron chi connectivity index (χ0n) is 18.6. The molecular weight excluding hydrogens is 476 g/mol. The monoisotopic (exact) mass is 498 g/mol. The van der Waals surface area contributed by atoms with Gasteiger partial charge in [0, 0.05) is 31.6 Å². The number of piperidine rings is 1. The van der Waals surface area contributed by atoms with Crippen LogP contribution in [0.4, 0.5) is 0 Å². The molecule has 35 heavy (non-hydrogen) atoms. The molecule has 3 atom stereocenters. The third-order valence-corrected chi connectivity index (χ3v) is 9.65. The number of carbonyl (C=O) groups excluding carboxylic acids is 4. The Morgan fingerprint density at radius 3 is 2.71 bits per heavy atom. The largest absolute Gasteiger partial charge is 0.336 e. The second-order valence-electron chi connectivity index (χ2n) is 9.45. The third-order valence-electron chi connectivity index (χ3n) is 7.39. The first kappa shape index (κ1) is 21.9. The van der Waals surface area contributed by atoms with E-state index in [2.05, 4.69) is 15.6 Å². The number of amides is 4. The van der Waals surface area contributed by atoms with Gasteiger partial charge in [0.05, 0.1) is 22.9 Å². The number of fused-ring (bicyclic) bond motifs is 2. The first-order valence-electron chi connectivity index (χ1n) is 11.4. The van der Waals surface area contributed by atoms with Gasteiger partial charge in [-0.05, 0) is 42.5 Å². The Morgan fingerprint density at radius 2 is 1.94 bits per heavy atom. The van der Waals surface area contributed by atoms with E-state index in [4.69, 9.17) is 0 Å². The summed E-state index contributed by atoms with van der Waals surface area (Å²) in [4.78, 5) is 52.5. The summed E-state index contributed by atoms with van der Waals surface area (Å²) < 4.78 is 25.8. The van der Waals surface area contributed by atoms with Gasteiger partial charge in [-0.25, -0.2) is 13.1 Å². The number of nitrogens with one attached hydrogen (secondary N) is 1. The highest BCUT2D eigenvalue weighted by molar-refractivity contribution is 7.92. The lowest BCUT2D eigenvalue weighted by Crippen LogP contribution is -2.52. The van der Waals surface area contributed by atoms with E-state index >= 15 is 0 Å². The predicted octanol–water partition coefficient (Wildman–Crippen LogP) is -0.713. The molecule has 6 rings (SSSR count). The molecule has 4 aliphatic rings. The van der Waals surface area contributed by atoms with Crippen LogP contribution in [0.5, 0.6) is 0 Å². The number of likely N-dealkylation sites (tertiary alicyclic amines) is 1. The molecule has 1 unspecified atom stereocenters. The highest BCUT2D eigenvalue weighted by atomic mass is 32.2. The third kappa shape index (κ3) is 3.52. The van der Waals surface area contributed by atoms with Crippen LogP contribution in [0.3, 0.4) is 0 Å². The molecule has 1 aromatic carbocycles. The summed E-state index contributed by atoms with van der Waals surface area (Å²) in [5.74, 6) is -1.29. The van der Waals surface area contributed by atoms with Crippen LogP contribution in [0, 0.1) is 5.92 Å². The number of hydrogen-bond donors (Lipinski definition) is 1. The highest BCUT2D eigenvalue weighted by Crippen LogP contribution is 2.34. The summed E-state index contributed by atoms with van der Waals surface area (Å²) in [6.07, 6.45) is 2.53. The molecule has 5 heterocycles. The molecule has 0 saturated carbocycles. The van der Waals surface area contributed by atoms with E-state index in [0.717, 1.165) is 0 Å². The van der Waals surface area contributed by atoms with E-state index in [1.54, 1.807) is 18.2 Å². The van der Waals surface area contributed by atoms with Crippen molar-refractivity contribution in [1.82, 2.24) is 30.1 Å². The van der Waals surface area contributed by atoms with E-state index in [1.807, 2.05) is 0 Å². The molecule has 13 heteroatoms. The van der Waals surface area contributed by atoms with Gasteiger partial charge >= 0.3 is 0 Å². The summed E-state index contributed by atoms with van der Waals surface area (Å²) in [6.45, 7) is 0.794. The Bertz CT molecular complexity index is 1400. The van der Waals surface area contributed by atoms with E-state index in [0.29, 0.717) is 29.8 Å². The SMILES string of the molecule is O=C1CCC(N2Cc3cc(-n4cc(C(=O)N5C[C@@H]6CCS(=O)(=O)[C@@H]6C5)nn4)ccc3C2=O)C(=O)N1. The molecule has 4 aliphatic heterocycles. The molecule has 0 aliphatic carbocycles. The van der Waals surface area contributed by atoms with Gasteiger partial charge in [0.2, 0.25) is 11.8 Å². The van der Waals surface area contributed by atoms with Crippen molar-refractivity contribution >= 4 is 33.5 Å². The van der Waals surface area contributed by atoms with Crippen LogP contribution >= 0.6 is 0 Å². The van der Waals surface area contributed by atoms with Crippen molar-refractivity contribution in [2.75, 3.05) is 18.8 Å². The van der Waals surface area contributed by atoms with Crippen molar-refractivity contribution in [3.05, 3.63) is 41.2 Å². The smallest absolute Gasteiger partial charge is 0.276 e. The van der Waals surface area contributed by atoms with Gasteiger partial charge < -0.3 is 9.80 Å². The number of rotatable bonds is 3. The Morgan fingerprint density at radius 1 is 1.11 bits per heavy atom. The fraction of sp³-hybridized carbons (Fsp3) is 0.455. The summed E-state index contributed by atoms with van der Waals surface area (Å²) in [5, 5.41) is 9.83. The summed E-state index contributed by atoms with van der Waals surface area (Å²) in [6, 6.07) is 4.39. The lowest BCUT2D eigenvalue weighted by molar-refractivity contribution is -0.136. The average molecular weight is 499 g/mol. The Labute approximate surface area is 200 Å². The maximum Gasteiger partial charge on any atom is 0.276 e.